The Bertz CT molecular complexity index is 1430. The summed E-state index contributed by atoms with van der Waals surface area (Å²) in [6, 6.07) is 27.7. The summed E-state index contributed by atoms with van der Waals surface area (Å²) in [5.74, 6) is 0. The number of benzene rings is 3. The summed E-state index contributed by atoms with van der Waals surface area (Å²) in [7, 11) is 0. The fraction of sp³-hybridized carbons (Fsp3) is 0.148. The van der Waals surface area contributed by atoms with Crippen molar-refractivity contribution in [2.75, 3.05) is 5.32 Å². The fourth-order valence-electron chi connectivity index (χ4n) is 4.27. The Balaban J connectivity index is 1.30. The average molecular weight is 480 g/mol. The summed E-state index contributed by atoms with van der Waals surface area (Å²) < 4.78 is 7.95. The largest absolute Gasteiger partial charge is 0.437 e. The number of fused-ring (bicyclic) bond motifs is 1. The smallest absolute Gasteiger partial charge is 0.304 e. The number of nitrogens with zero attached hydrogens (tertiary/aromatic N) is 4. The van der Waals surface area contributed by atoms with E-state index in [4.69, 9.17) is 9.73 Å². The van der Waals surface area contributed by atoms with Crippen LogP contribution in [0.1, 0.15) is 23.6 Å². The highest BCUT2D eigenvalue weighted by molar-refractivity contribution is 6.16. The molecule has 3 heterocycles. The van der Waals surface area contributed by atoms with Gasteiger partial charge in [-0.05, 0) is 25.1 Å². The van der Waals surface area contributed by atoms with E-state index < -0.39 is 18.1 Å². The number of aliphatic hydroxyl groups excluding tert-OH is 1. The lowest BCUT2D eigenvalue weighted by Gasteiger charge is -2.20. The lowest BCUT2D eigenvalue weighted by Crippen LogP contribution is -2.39. The number of nitrogens with one attached hydrogen (secondary N) is 3. The second-order valence-electron chi connectivity index (χ2n) is 8.72. The molecule has 36 heavy (non-hydrogen) atoms. The van der Waals surface area contributed by atoms with Crippen LogP contribution in [0.25, 0.3) is 5.69 Å². The molecule has 0 bridgehead atoms. The third-order valence-electron chi connectivity index (χ3n) is 6.19. The minimum absolute atomic E-state index is 0.220. The molecule has 6 rings (SSSR count). The normalized spacial score (nSPS) is 24.2. The van der Waals surface area contributed by atoms with E-state index in [-0.39, 0.29) is 6.02 Å². The lowest BCUT2D eigenvalue weighted by molar-refractivity contribution is 0.0718. The summed E-state index contributed by atoms with van der Waals surface area (Å²) in [6.45, 7) is 1.88. The summed E-state index contributed by atoms with van der Waals surface area (Å²) in [5, 5.41) is 18.6. The van der Waals surface area contributed by atoms with Crippen molar-refractivity contribution < 1.29 is 9.84 Å². The van der Waals surface area contributed by atoms with E-state index >= 15 is 0 Å². The molecule has 0 spiro atoms. The van der Waals surface area contributed by atoms with Gasteiger partial charge in [0.2, 0.25) is 5.72 Å². The Morgan fingerprint density at radius 3 is 2.50 bits per heavy atom. The summed E-state index contributed by atoms with van der Waals surface area (Å²) in [5.41, 5.74) is 10.3. The van der Waals surface area contributed by atoms with Crippen LogP contribution in [0.15, 0.2) is 107 Å². The van der Waals surface area contributed by atoms with Crippen LogP contribution in [0.5, 0.6) is 0 Å². The van der Waals surface area contributed by atoms with Crippen molar-refractivity contribution in [2.45, 2.75) is 25.0 Å². The van der Waals surface area contributed by atoms with E-state index in [2.05, 4.69) is 26.3 Å². The monoisotopic (exact) mass is 479 g/mol. The van der Waals surface area contributed by atoms with Crippen LogP contribution in [-0.4, -0.2) is 39.0 Å². The molecule has 1 fully saturated rings. The molecule has 2 aliphatic heterocycles. The molecule has 1 saturated heterocycles. The number of para-hydroxylation sites is 2. The number of ether oxygens (including phenoxy) is 1. The van der Waals surface area contributed by atoms with Crippen molar-refractivity contribution in [3.63, 3.8) is 0 Å². The molecule has 0 radical (unpaired) electrons. The maximum absolute atomic E-state index is 11.0. The van der Waals surface area contributed by atoms with Crippen LogP contribution in [0, 0.1) is 0 Å². The lowest BCUT2D eigenvalue weighted by atomic mass is 10.0. The minimum atomic E-state index is -1.06. The van der Waals surface area contributed by atoms with Gasteiger partial charge >= 0.3 is 6.02 Å². The highest BCUT2D eigenvalue weighted by Crippen LogP contribution is 2.28. The Morgan fingerprint density at radius 2 is 1.69 bits per heavy atom. The summed E-state index contributed by atoms with van der Waals surface area (Å²) in [4.78, 5) is 9.46. The van der Waals surface area contributed by atoms with Gasteiger partial charge in [0, 0.05) is 23.0 Å². The number of anilines is 1. The van der Waals surface area contributed by atoms with Crippen molar-refractivity contribution in [2.24, 2.45) is 9.98 Å². The number of aromatic nitrogens is 2. The summed E-state index contributed by atoms with van der Waals surface area (Å²) in [6.07, 6.45) is 1.73. The number of hydrogen-bond acceptors (Lipinski definition) is 7. The molecule has 9 nitrogen and oxygen atoms in total. The van der Waals surface area contributed by atoms with E-state index in [9.17, 15) is 5.11 Å². The van der Waals surface area contributed by atoms with Gasteiger partial charge in [-0.15, -0.1) is 0 Å². The zero-order valence-corrected chi connectivity index (χ0v) is 19.5. The molecule has 1 aromatic heterocycles. The molecule has 4 aromatic rings. The van der Waals surface area contributed by atoms with Crippen LogP contribution in [0.2, 0.25) is 0 Å². The van der Waals surface area contributed by atoms with E-state index in [1.54, 1.807) is 10.9 Å². The molecule has 0 aliphatic carbocycles. The van der Waals surface area contributed by atoms with Gasteiger partial charge in [-0.1, -0.05) is 66.7 Å². The van der Waals surface area contributed by atoms with E-state index in [1.165, 1.54) is 0 Å². The summed E-state index contributed by atoms with van der Waals surface area (Å²) >= 11 is 0. The van der Waals surface area contributed by atoms with Gasteiger partial charge < -0.3 is 15.2 Å². The van der Waals surface area contributed by atoms with Crippen molar-refractivity contribution >= 4 is 17.4 Å². The first kappa shape index (κ1) is 22.0. The van der Waals surface area contributed by atoms with E-state index in [0.29, 0.717) is 0 Å². The van der Waals surface area contributed by atoms with Gasteiger partial charge in [0.05, 0.1) is 23.2 Å². The second-order valence-corrected chi connectivity index (χ2v) is 8.72. The maximum Gasteiger partial charge on any atom is 0.304 e. The van der Waals surface area contributed by atoms with Gasteiger partial charge in [-0.25, -0.2) is 9.67 Å². The maximum atomic E-state index is 11.0. The van der Waals surface area contributed by atoms with Crippen molar-refractivity contribution in [3.05, 3.63) is 114 Å². The quantitative estimate of drug-likeness (QED) is 0.358. The Morgan fingerprint density at radius 1 is 0.972 bits per heavy atom. The number of benzodiazepines with no additional fused rings is 1. The molecular formula is C27H25N7O2. The van der Waals surface area contributed by atoms with E-state index in [1.807, 2.05) is 98.0 Å². The molecular weight excluding hydrogens is 454 g/mol. The predicted molar refractivity (Wildman–Crippen MR) is 138 cm³/mol. The van der Waals surface area contributed by atoms with Crippen LogP contribution in [0.3, 0.4) is 0 Å². The first-order valence-electron chi connectivity index (χ1n) is 11.7. The third kappa shape index (κ3) is 4.10. The zero-order chi connectivity index (χ0) is 24.5. The van der Waals surface area contributed by atoms with Gasteiger partial charge in [0.1, 0.15) is 0 Å². The van der Waals surface area contributed by atoms with E-state index in [0.717, 1.165) is 33.8 Å². The number of aliphatic hydroxyl groups is 1. The highest BCUT2D eigenvalue weighted by atomic mass is 16.6. The molecule has 4 N–H and O–H groups in total. The molecule has 3 aromatic carbocycles. The molecule has 2 unspecified atom stereocenters. The molecule has 3 atom stereocenters. The highest BCUT2D eigenvalue weighted by Gasteiger charge is 2.38. The molecule has 2 aliphatic rings. The first-order valence-corrected chi connectivity index (χ1v) is 11.7. The van der Waals surface area contributed by atoms with Gasteiger partial charge in [-0.2, -0.15) is 10.5 Å². The third-order valence-corrected chi connectivity index (χ3v) is 6.19. The van der Waals surface area contributed by atoms with Gasteiger partial charge in [-0.3, -0.25) is 10.4 Å². The SMILES string of the molecule is CC1(c2cnn(-c3ccccc3)c2)NNC(=N[C@H]2N=C(c3ccccc3)c3ccccc3NC2O)O1. The number of rotatable bonds is 4. The average Bonchev–Trinajstić information content (AvgIpc) is 3.53. The fourth-order valence-corrected chi connectivity index (χ4v) is 4.27. The topological polar surface area (TPSA) is 108 Å². The predicted octanol–water partition coefficient (Wildman–Crippen LogP) is 3.13. The number of amidine groups is 1. The minimum Gasteiger partial charge on any atom is -0.437 e. The van der Waals surface area contributed by atoms with Gasteiger partial charge in [0.15, 0.2) is 12.4 Å². The Kier molecular flexibility index (Phi) is 5.48. The van der Waals surface area contributed by atoms with Crippen molar-refractivity contribution in [1.29, 1.82) is 0 Å². The zero-order valence-electron chi connectivity index (χ0n) is 19.5. The first-order chi connectivity index (χ1) is 17.6. The number of hydrazine groups is 1. The molecule has 0 amide bonds. The van der Waals surface area contributed by atoms with Crippen LogP contribution in [-0.2, 0) is 10.5 Å². The number of hydrogen-bond donors (Lipinski definition) is 4. The molecule has 180 valence electrons. The standard InChI is InChI=1S/C27H25N7O2/c1-27(19-16-28-34(17-19)20-12-6-3-7-13-20)33-32-26(36-27)31-24-25(35)29-22-15-9-8-14-21(22)23(30-24)18-10-4-2-5-11-18/h2-17,24-25,29,33,35H,1H3,(H,31,32)/t24-,25?,27?/m1/s1. The Labute approximate surface area is 208 Å². The van der Waals surface area contributed by atoms with Crippen LogP contribution in [0.4, 0.5) is 5.69 Å². The van der Waals surface area contributed by atoms with Crippen LogP contribution >= 0.6 is 0 Å². The van der Waals surface area contributed by atoms with Crippen molar-refractivity contribution in [3.8, 4) is 5.69 Å². The van der Waals surface area contributed by atoms with Crippen molar-refractivity contribution in [1.82, 2.24) is 20.6 Å². The van der Waals surface area contributed by atoms with Crippen LogP contribution < -0.4 is 16.2 Å². The van der Waals surface area contributed by atoms with Gasteiger partial charge in [0.25, 0.3) is 0 Å². The molecule has 0 saturated carbocycles. The molecule has 9 heteroatoms. The Hall–Kier alpha value is -4.47. The number of aliphatic imine (C=N–C) groups is 2. The second kappa shape index (κ2) is 8.95.